The summed E-state index contributed by atoms with van der Waals surface area (Å²) in [6, 6.07) is 17.0. The second-order valence-electron chi connectivity index (χ2n) is 6.27. The van der Waals surface area contributed by atoms with Gasteiger partial charge in [0.15, 0.2) is 0 Å². The molecule has 134 valence electrons. The molecule has 0 unspecified atom stereocenters. The maximum Gasteiger partial charge on any atom is 0.337 e. The van der Waals surface area contributed by atoms with E-state index >= 15 is 0 Å². The molecule has 1 aromatic heterocycles. The van der Waals surface area contributed by atoms with Crippen LogP contribution < -0.4 is 0 Å². The molecule has 1 heterocycles. The zero-order chi connectivity index (χ0) is 18.8. The maximum absolute atomic E-state index is 12.9. The van der Waals surface area contributed by atoms with Gasteiger partial charge in [0.05, 0.1) is 23.2 Å². The van der Waals surface area contributed by atoms with Crippen LogP contribution in [0.25, 0.3) is 16.6 Å². The lowest BCUT2D eigenvalue weighted by Gasteiger charge is -2.12. The molecule has 0 atom stereocenters. The third kappa shape index (κ3) is 3.46. The number of thiazole rings is 1. The predicted molar refractivity (Wildman–Crippen MR) is 106 cm³/mol. The van der Waals surface area contributed by atoms with Crippen LogP contribution in [-0.2, 0) is 11.2 Å². The SMILES string of the molecule is COC(=O)c1ccc(/C=C2/CCc3nc(-c4ccccc4)sc3C2=O)cc1. The second kappa shape index (κ2) is 7.29. The lowest BCUT2D eigenvalue weighted by Crippen LogP contribution is -2.12. The number of aryl methyl sites for hydroxylation is 1. The van der Waals surface area contributed by atoms with Gasteiger partial charge in [-0.1, -0.05) is 42.5 Å². The zero-order valence-electron chi connectivity index (χ0n) is 14.8. The number of esters is 1. The summed E-state index contributed by atoms with van der Waals surface area (Å²) < 4.78 is 4.71. The lowest BCUT2D eigenvalue weighted by molar-refractivity contribution is 0.0600. The number of benzene rings is 2. The molecular weight excluding hydrogens is 358 g/mol. The van der Waals surface area contributed by atoms with E-state index in [1.165, 1.54) is 18.4 Å². The third-order valence-electron chi connectivity index (χ3n) is 4.52. The zero-order valence-corrected chi connectivity index (χ0v) is 15.6. The average molecular weight is 375 g/mol. The number of Topliss-reactive ketones (excluding diaryl/α,β-unsaturated/α-hetero) is 1. The van der Waals surface area contributed by atoms with Crippen molar-refractivity contribution in [1.82, 2.24) is 4.98 Å². The van der Waals surface area contributed by atoms with Crippen molar-refractivity contribution in [2.45, 2.75) is 12.8 Å². The normalized spacial score (nSPS) is 14.9. The fourth-order valence-corrected chi connectivity index (χ4v) is 4.18. The van der Waals surface area contributed by atoms with Crippen LogP contribution in [-0.4, -0.2) is 23.8 Å². The van der Waals surface area contributed by atoms with E-state index in [1.54, 1.807) is 12.1 Å². The Balaban J connectivity index is 1.61. The van der Waals surface area contributed by atoms with E-state index in [1.807, 2.05) is 48.5 Å². The topological polar surface area (TPSA) is 56.3 Å². The molecule has 0 bridgehead atoms. The van der Waals surface area contributed by atoms with E-state index in [2.05, 4.69) is 4.98 Å². The van der Waals surface area contributed by atoms with Crippen LogP contribution >= 0.6 is 11.3 Å². The summed E-state index contributed by atoms with van der Waals surface area (Å²) in [4.78, 5) is 29.8. The molecule has 3 aromatic rings. The standard InChI is InChI=1S/C22H17NO3S/c1-26-22(25)16-9-7-14(8-10-16)13-17-11-12-18-20(19(17)24)27-21(23-18)15-5-3-2-4-6-15/h2-10,13H,11-12H2,1H3/b17-13-. The minimum Gasteiger partial charge on any atom is -0.465 e. The molecule has 27 heavy (non-hydrogen) atoms. The Hall–Kier alpha value is -3.05. The highest BCUT2D eigenvalue weighted by Crippen LogP contribution is 2.34. The van der Waals surface area contributed by atoms with Crippen LogP contribution in [0.1, 0.15) is 37.7 Å². The quantitative estimate of drug-likeness (QED) is 0.487. The Kier molecular flexibility index (Phi) is 4.69. The van der Waals surface area contributed by atoms with Crippen LogP contribution in [0.15, 0.2) is 60.2 Å². The number of carbonyl (C=O) groups excluding carboxylic acids is 2. The van der Waals surface area contributed by atoms with E-state index < -0.39 is 0 Å². The Morgan fingerprint density at radius 2 is 1.81 bits per heavy atom. The second-order valence-corrected chi connectivity index (χ2v) is 7.27. The van der Waals surface area contributed by atoms with Crippen molar-refractivity contribution in [3.05, 3.63) is 81.9 Å². The van der Waals surface area contributed by atoms with Crippen molar-refractivity contribution < 1.29 is 14.3 Å². The van der Waals surface area contributed by atoms with Crippen LogP contribution in [0.5, 0.6) is 0 Å². The number of fused-ring (bicyclic) bond motifs is 1. The Morgan fingerprint density at radius 3 is 2.52 bits per heavy atom. The molecule has 1 aliphatic rings. The van der Waals surface area contributed by atoms with Crippen LogP contribution in [0.2, 0.25) is 0 Å². The van der Waals surface area contributed by atoms with Crippen molar-refractivity contribution in [2.24, 2.45) is 0 Å². The smallest absolute Gasteiger partial charge is 0.337 e. The van der Waals surface area contributed by atoms with Gasteiger partial charge in [0, 0.05) is 11.1 Å². The van der Waals surface area contributed by atoms with Gasteiger partial charge in [0.25, 0.3) is 0 Å². The van der Waals surface area contributed by atoms with Gasteiger partial charge in [0.1, 0.15) is 5.01 Å². The highest BCUT2D eigenvalue weighted by Gasteiger charge is 2.26. The minimum absolute atomic E-state index is 0.0491. The first-order chi connectivity index (χ1) is 13.2. The summed E-state index contributed by atoms with van der Waals surface area (Å²) in [5, 5.41) is 0.887. The molecule has 0 saturated carbocycles. The molecule has 0 saturated heterocycles. The number of methoxy groups -OCH3 is 1. The molecule has 0 aliphatic heterocycles. The summed E-state index contributed by atoms with van der Waals surface area (Å²) in [5.41, 5.74) is 4.08. The molecule has 5 heteroatoms. The van der Waals surface area contributed by atoms with Crippen molar-refractivity contribution >= 4 is 29.2 Å². The summed E-state index contributed by atoms with van der Waals surface area (Å²) in [6.45, 7) is 0. The molecule has 0 spiro atoms. The Morgan fingerprint density at radius 1 is 1.07 bits per heavy atom. The Bertz CT molecular complexity index is 1030. The number of ketones is 1. The van der Waals surface area contributed by atoms with Gasteiger partial charge in [-0.15, -0.1) is 11.3 Å². The van der Waals surface area contributed by atoms with Gasteiger partial charge in [-0.2, -0.15) is 0 Å². The van der Waals surface area contributed by atoms with Gasteiger partial charge in [-0.05, 0) is 36.6 Å². The van der Waals surface area contributed by atoms with Gasteiger partial charge in [-0.25, -0.2) is 9.78 Å². The monoisotopic (exact) mass is 375 g/mol. The maximum atomic E-state index is 12.9. The minimum atomic E-state index is -0.370. The van der Waals surface area contributed by atoms with Crippen LogP contribution in [0, 0.1) is 0 Å². The van der Waals surface area contributed by atoms with Gasteiger partial charge in [-0.3, -0.25) is 4.79 Å². The molecule has 1 aliphatic carbocycles. The summed E-state index contributed by atoms with van der Waals surface area (Å²) in [6.07, 6.45) is 3.33. The van der Waals surface area contributed by atoms with Gasteiger partial charge in [0.2, 0.25) is 5.78 Å². The number of ether oxygens (including phenoxy) is 1. The number of hydrogen-bond donors (Lipinski definition) is 0. The first-order valence-corrected chi connectivity index (χ1v) is 9.46. The summed E-state index contributed by atoms with van der Waals surface area (Å²) >= 11 is 1.46. The third-order valence-corrected chi connectivity index (χ3v) is 5.67. The van der Waals surface area contributed by atoms with E-state index in [9.17, 15) is 9.59 Å². The van der Waals surface area contributed by atoms with Crippen LogP contribution in [0.4, 0.5) is 0 Å². The van der Waals surface area contributed by atoms with E-state index in [-0.39, 0.29) is 11.8 Å². The molecule has 4 rings (SSSR count). The number of nitrogens with zero attached hydrogens (tertiary/aromatic N) is 1. The van der Waals surface area contributed by atoms with E-state index in [0.29, 0.717) is 12.0 Å². The first kappa shape index (κ1) is 17.4. The predicted octanol–water partition coefficient (Wildman–Crippen LogP) is 4.81. The fourth-order valence-electron chi connectivity index (χ4n) is 3.09. The van der Waals surface area contributed by atoms with Gasteiger partial charge >= 0.3 is 5.97 Å². The lowest BCUT2D eigenvalue weighted by atomic mass is 9.94. The highest BCUT2D eigenvalue weighted by molar-refractivity contribution is 7.17. The summed E-state index contributed by atoms with van der Waals surface area (Å²) in [7, 11) is 1.36. The van der Waals surface area contributed by atoms with Crippen molar-refractivity contribution in [1.29, 1.82) is 0 Å². The molecule has 0 fully saturated rings. The number of carbonyl (C=O) groups is 2. The highest BCUT2D eigenvalue weighted by atomic mass is 32.1. The average Bonchev–Trinajstić information content (AvgIpc) is 3.16. The Labute approximate surface area is 161 Å². The molecule has 2 aromatic carbocycles. The van der Waals surface area contributed by atoms with E-state index in [0.717, 1.165) is 38.7 Å². The largest absolute Gasteiger partial charge is 0.465 e. The molecular formula is C22H17NO3S. The molecule has 0 N–H and O–H groups in total. The van der Waals surface area contributed by atoms with Gasteiger partial charge < -0.3 is 4.74 Å². The number of aromatic nitrogens is 1. The molecule has 0 radical (unpaired) electrons. The number of allylic oxidation sites excluding steroid dienone is 1. The number of hydrogen-bond acceptors (Lipinski definition) is 5. The van der Waals surface area contributed by atoms with E-state index in [4.69, 9.17) is 4.74 Å². The number of rotatable bonds is 3. The molecule has 4 nitrogen and oxygen atoms in total. The fraction of sp³-hybridized carbons (Fsp3) is 0.136. The van der Waals surface area contributed by atoms with Crippen molar-refractivity contribution in [3.63, 3.8) is 0 Å². The van der Waals surface area contributed by atoms with Crippen molar-refractivity contribution in [2.75, 3.05) is 7.11 Å². The molecule has 0 amide bonds. The van der Waals surface area contributed by atoms with Crippen molar-refractivity contribution in [3.8, 4) is 10.6 Å². The summed E-state index contributed by atoms with van der Waals surface area (Å²) in [5.74, 6) is -0.321. The van der Waals surface area contributed by atoms with Crippen LogP contribution in [0.3, 0.4) is 0 Å². The first-order valence-electron chi connectivity index (χ1n) is 8.64.